The molecule has 2 aromatic rings. The van der Waals surface area contributed by atoms with Crippen molar-refractivity contribution in [1.82, 2.24) is 9.97 Å². The summed E-state index contributed by atoms with van der Waals surface area (Å²) in [4.78, 5) is 7.88. The molecule has 2 heterocycles. The lowest BCUT2D eigenvalue weighted by Crippen LogP contribution is -1.72. The molecule has 0 aliphatic heterocycles. The number of hydrogen-bond acceptors (Lipinski definition) is 3. The van der Waals surface area contributed by atoms with Crippen LogP contribution in [-0.2, 0) is 0 Å². The highest BCUT2D eigenvalue weighted by Gasteiger charge is 1.98. The van der Waals surface area contributed by atoms with Crippen LogP contribution in [0, 0.1) is 6.92 Å². The predicted octanol–water partition coefficient (Wildman–Crippen LogP) is 1.40. The van der Waals surface area contributed by atoms with E-state index in [1.807, 2.05) is 6.07 Å². The molecule has 0 aromatic carbocycles. The summed E-state index contributed by atoms with van der Waals surface area (Å²) in [6.45, 7) is 3.54. The second-order valence-electron chi connectivity index (χ2n) is 1.93. The highest BCUT2D eigenvalue weighted by molar-refractivity contribution is 5.66. The molecule has 0 unspecified atom stereocenters. The summed E-state index contributed by atoms with van der Waals surface area (Å²) in [6, 6.07) is 3.61. The standard InChI is InChI=1S/C7H5N2O/c1-5-9-7-6(10-5)3-2-4-8-7/h2-4H,1H2. The van der Waals surface area contributed by atoms with Crippen LogP contribution in [0.5, 0.6) is 0 Å². The van der Waals surface area contributed by atoms with E-state index < -0.39 is 0 Å². The molecule has 3 heteroatoms. The summed E-state index contributed by atoms with van der Waals surface area (Å²) >= 11 is 0. The van der Waals surface area contributed by atoms with Gasteiger partial charge in [0.15, 0.2) is 17.1 Å². The summed E-state index contributed by atoms with van der Waals surface area (Å²) < 4.78 is 5.08. The third kappa shape index (κ3) is 0.673. The number of fused-ring (bicyclic) bond motifs is 1. The monoisotopic (exact) mass is 133 g/mol. The highest BCUT2D eigenvalue weighted by atomic mass is 16.3. The first-order valence-corrected chi connectivity index (χ1v) is 2.90. The normalized spacial score (nSPS) is 10.5. The van der Waals surface area contributed by atoms with Gasteiger partial charge in [-0.05, 0) is 12.1 Å². The molecule has 0 spiro atoms. The molecule has 0 saturated carbocycles. The molecule has 0 fully saturated rings. The summed E-state index contributed by atoms with van der Waals surface area (Å²) in [5.74, 6) is 0.411. The maximum atomic E-state index is 5.08. The number of oxazole rings is 1. The van der Waals surface area contributed by atoms with Gasteiger partial charge in [0.2, 0.25) is 0 Å². The smallest absolute Gasteiger partial charge is 0.198 e. The Balaban J connectivity index is 2.88. The molecule has 1 radical (unpaired) electrons. The predicted molar refractivity (Wildman–Crippen MR) is 36.3 cm³/mol. The molecule has 10 heavy (non-hydrogen) atoms. The summed E-state index contributed by atoms with van der Waals surface area (Å²) in [7, 11) is 0. The van der Waals surface area contributed by atoms with E-state index in [0.29, 0.717) is 17.1 Å². The van der Waals surface area contributed by atoms with E-state index >= 15 is 0 Å². The Morgan fingerprint density at radius 3 is 3.20 bits per heavy atom. The van der Waals surface area contributed by atoms with Crippen molar-refractivity contribution < 1.29 is 4.42 Å². The fraction of sp³-hybridized carbons (Fsp3) is 0. The van der Waals surface area contributed by atoms with E-state index in [2.05, 4.69) is 16.9 Å². The van der Waals surface area contributed by atoms with Crippen LogP contribution in [-0.4, -0.2) is 9.97 Å². The second kappa shape index (κ2) is 1.80. The number of nitrogens with zero attached hydrogens (tertiary/aromatic N) is 2. The van der Waals surface area contributed by atoms with Gasteiger partial charge >= 0.3 is 0 Å². The van der Waals surface area contributed by atoms with Crippen molar-refractivity contribution in [3.63, 3.8) is 0 Å². The van der Waals surface area contributed by atoms with Gasteiger partial charge in [0.25, 0.3) is 0 Å². The summed E-state index contributed by atoms with van der Waals surface area (Å²) in [5.41, 5.74) is 1.31. The molecule has 0 atom stereocenters. The van der Waals surface area contributed by atoms with Gasteiger partial charge in [0, 0.05) is 13.1 Å². The molecule has 49 valence electrons. The van der Waals surface area contributed by atoms with Crippen molar-refractivity contribution >= 4 is 11.2 Å². The number of hydrogen-bond donors (Lipinski definition) is 0. The quantitative estimate of drug-likeness (QED) is 0.545. The maximum Gasteiger partial charge on any atom is 0.198 e. The molecular formula is C7H5N2O. The van der Waals surface area contributed by atoms with Crippen LogP contribution in [0.1, 0.15) is 5.89 Å². The lowest BCUT2D eigenvalue weighted by atomic mass is 10.5. The summed E-state index contributed by atoms with van der Waals surface area (Å²) in [6.07, 6.45) is 1.67. The molecule has 2 aromatic heterocycles. The molecule has 2 rings (SSSR count). The third-order valence-electron chi connectivity index (χ3n) is 1.21. The van der Waals surface area contributed by atoms with Crippen molar-refractivity contribution in [1.29, 1.82) is 0 Å². The number of rotatable bonds is 0. The molecule has 0 bridgehead atoms. The van der Waals surface area contributed by atoms with Crippen molar-refractivity contribution in [2.24, 2.45) is 0 Å². The van der Waals surface area contributed by atoms with Crippen LogP contribution in [0.3, 0.4) is 0 Å². The largest absolute Gasteiger partial charge is 0.439 e. The molecule has 0 amide bonds. The Hall–Kier alpha value is -1.38. The molecule has 3 nitrogen and oxygen atoms in total. The fourth-order valence-corrected chi connectivity index (χ4v) is 0.814. The third-order valence-corrected chi connectivity index (χ3v) is 1.21. The van der Waals surface area contributed by atoms with E-state index in [4.69, 9.17) is 4.42 Å². The zero-order chi connectivity index (χ0) is 6.97. The van der Waals surface area contributed by atoms with Crippen molar-refractivity contribution in [3.05, 3.63) is 31.1 Å². The molecule has 0 N–H and O–H groups in total. The van der Waals surface area contributed by atoms with Gasteiger partial charge in [-0.25, -0.2) is 4.98 Å². The van der Waals surface area contributed by atoms with E-state index in [1.165, 1.54) is 0 Å². The van der Waals surface area contributed by atoms with Crippen LogP contribution >= 0.6 is 0 Å². The van der Waals surface area contributed by atoms with Gasteiger partial charge in [0.1, 0.15) is 0 Å². The Morgan fingerprint density at radius 2 is 2.40 bits per heavy atom. The lowest BCUT2D eigenvalue weighted by Gasteiger charge is -1.79. The Bertz CT molecular complexity index is 320. The van der Waals surface area contributed by atoms with Crippen LogP contribution in [0.25, 0.3) is 11.2 Å². The lowest BCUT2D eigenvalue weighted by molar-refractivity contribution is 0.579. The topological polar surface area (TPSA) is 38.9 Å². The van der Waals surface area contributed by atoms with Crippen molar-refractivity contribution in [2.75, 3.05) is 0 Å². The Kier molecular flexibility index (Phi) is 0.974. The highest BCUT2D eigenvalue weighted by Crippen LogP contribution is 2.10. The first-order chi connectivity index (χ1) is 4.86. The van der Waals surface area contributed by atoms with Crippen LogP contribution in [0.2, 0.25) is 0 Å². The van der Waals surface area contributed by atoms with E-state index in [0.717, 1.165) is 0 Å². The average molecular weight is 133 g/mol. The number of aromatic nitrogens is 2. The van der Waals surface area contributed by atoms with Crippen LogP contribution in [0.15, 0.2) is 22.7 Å². The zero-order valence-corrected chi connectivity index (χ0v) is 5.24. The molecule has 0 saturated heterocycles. The van der Waals surface area contributed by atoms with E-state index in [-0.39, 0.29) is 0 Å². The number of pyridine rings is 1. The Labute approximate surface area is 57.7 Å². The molecular weight excluding hydrogens is 128 g/mol. The average Bonchev–Trinajstić information content (AvgIpc) is 2.27. The minimum absolute atomic E-state index is 0.411. The summed E-state index contributed by atoms with van der Waals surface area (Å²) in [5, 5.41) is 0. The van der Waals surface area contributed by atoms with Gasteiger partial charge < -0.3 is 4.42 Å². The minimum Gasteiger partial charge on any atom is -0.439 e. The van der Waals surface area contributed by atoms with Crippen LogP contribution in [0.4, 0.5) is 0 Å². The van der Waals surface area contributed by atoms with Gasteiger partial charge in [-0.15, -0.1) is 0 Å². The fourth-order valence-electron chi connectivity index (χ4n) is 0.814. The molecule has 0 aliphatic rings. The van der Waals surface area contributed by atoms with Crippen LogP contribution < -0.4 is 0 Å². The van der Waals surface area contributed by atoms with E-state index in [1.54, 1.807) is 12.3 Å². The van der Waals surface area contributed by atoms with Crippen molar-refractivity contribution in [2.45, 2.75) is 0 Å². The minimum atomic E-state index is 0.411. The van der Waals surface area contributed by atoms with Gasteiger partial charge in [-0.3, -0.25) is 0 Å². The zero-order valence-electron chi connectivity index (χ0n) is 5.24. The second-order valence-corrected chi connectivity index (χ2v) is 1.93. The van der Waals surface area contributed by atoms with Gasteiger partial charge in [0.05, 0.1) is 0 Å². The first-order valence-electron chi connectivity index (χ1n) is 2.90. The van der Waals surface area contributed by atoms with Gasteiger partial charge in [-0.2, -0.15) is 4.98 Å². The first kappa shape index (κ1) is 5.41. The van der Waals surface area contributed by atoms with Gasteiger partial charge in [-0.1, -0.05) is 0 Å². The maximum absolute atomic E-state index is 5.08. The Morgan fingerprint density at radius 1 is 1.50 bits per heavy atom. The van der Waals surface area contributed by atoms with Crippen molar-refractivity contribution in [3.8, 4) is 0 Å². The SMILES string of the molecule is [CH2]c1nc2ncccc2o1. The molecule has 0 aliphatic carbocycles. The van der Waals surface area contributed by atoms with E-state index in [9.17, 15) is 0 Å².